The molecule has 2 aromatic heterocycles. The van der Waals surface area contributed by atoms with Crippen LogP contribution in [0.25, 0.3) is 11.2 Å². The third-order valence-corrected chi connectivity index (χ3v) is 4.67. The van der Waals surface area contributed by atoms with Crippen molar-refractivity contribution in [1.82, 2.24) is 19.1 Å². The van der Waals surface area contributed by atoms with Crippen molar-refractivity contribution in [3.05, 3.63) is 60.8 Å². The van der Waals surface area contributed by atoms with E-state index in [4.69, 9.17) is 0 Å². The number of Topliss-reactive ketones (excluding diaryl/α,β-unsaturated/α-hetero) is 1. The summed E-state index contributed by atoms with van der Waals surface area (Å²) < 4.78 is 2.20. The van der Waals surface area contributed by atoms with Gasteiger partial charge in [-0.1, -0.05) is 23.9 Å². The van der Waals surface area contributed by atoms with E-state index >= 15 is 0 Å². The van der Waals surface area contributed by atoms with Gasteiger partial charge < -0.3 is 4.98 Å². The van der Waals surface area contributed by atoms with Crippen LogP contribution in [0.1, 0.15) is 10.4 Å². The Hall–Kier alpha value is -3.21. The lowest BCUT2D eigenvalue weighted by atomic mass is 10.1. The minimum atomic E-state index is -0.570. The quantitative estimate of drug-likeness (QED) is 0.302. The van der Waals surface area contributed by atoms with Crippen LogP contribution in [0.15, 0.2) is 39.0 Å². The number of benzene rings is 1. The van der Waals surface area contributed by atoms with E-state index in [2.05, 4.69) is 9.97 Å². The number of aryl methyl sites for hydroxylation is 1. The fraction of sp³-hybridized carbons (Fsp3) is 0.200. The van der Waals surface area contributed by atoms with Crippen LogP contribution in [-0.4, -0.2) is 35.6 Å². The van der Waals surface area contributed by atoms with E-state index in [1.165, 1.54) is 42.9 Å². The first-order chi connectivity index (χ1) is 12.3. The standard InChI is InChI=1S/C15H13N5O5S/c1-18-12-11(13(22)19(2)15(18)23)16-14(17-12)26-7-10(21)8-4-3-5-9(6-8)20(24)25/h3-6H,7H2,1-2H3,(H,16,17). The monoisotopic (exact) mass is 375 g/mol. The summed E-state index contributed by atoms with van der Waals surface area (Å²) in [4.78, 5) is 53.5. The molecule has 1 N–H and O–H groups in total. The number of hydrogen-bond acceptors (Lipinski definition) is 7. The number of nitrogens with one attached hydrogen (secondary N) is 1. The van der Waals surface area contributed by atoms with Crippen molar-refractivity contribution in [2.24, 2.45) is 14.1 Å². The topological polar surface area (TPSA) is 133 Å². The number of carbonyl (C=O) groups excluding carboxylic acids is 1. The second-order valence-corrected chi connectivity index (χ2v) is 6.43. The lowest BCUT2D eigenvalue weighted by molar-refractivity contribution is -0.384. The molecule has 0 unspecified atom stereocenters. The molecule has 26 heavy (non-hydrogen) atoms. The number of carbonyl (C=O) groups is 1. The molecule has 11 heteroatoms. The number of fused-ring (bicyclic) bond motifs is 1. The maximum atomic E-state index is 12.2. The highest BCUT2D eigenvalue weighted by Crippen LogP contribution is 2.20. The third-order valence-electron chi connectivity index (χ3n) is 3.79. The largest absolute Gasteiger partial charge is 0.332 e. The zero-order valence-electron chi connectivity index (χ0n) is 13.8. The molecule has 134 valence electrons. The Morgan fingerprint density at radius 3 is 2.73 bits per heavy atom. The highest BCUT2D eigenvalue weighted by molar-refractivity contribution is 7.99. The molecule has 0 fully saturated rings. The molecular weight excluding hydrogens is 362 g/mol. The molecule has 0 radical (unpaired) electrons. The Morgan fingerprint density at radius 2 is 2.04 bits per heavy atom. The maximum Gasteiger partial charge on any atom is 0.332 e. The molecule has 0 saturated carbocycles. The number of rotatable bonds is 5. The predicted octanol–water partition coefficient (Wildman–Crippen LogP) is 0.843. The molecule has 0 aliphatic carbocycles. The van der Waals surface area contributed by atoms with Crippen LogP contribution in [0.5, 0.6) is 0 Å². The van der Waals surface area contributed by atoms with Gasteiger partial charge >= 0.3 is 5.69 Å². The van der Waals surface area contributed by atoms with Crippen LogP contribution in [0, 0.1) is 10.1 Å². The third kappa shape index (κ3) is 3.04. The molecule has 1 aromatic carbocycles. The van der Waals surface area contributed by atoms with Crippen molar-refractivity contribution in [3.63, 3.8) is 0 Å². The molecule has 0 aliphatic heterocycles. The number of nitrogens with zero attached hydrogens (tertiary/aromatic N) is 4. The Bertz CT molecular complexity index is 1160. The average Bonchev–Trinajstić information content (AvgIpc) is 3.07. The number of non-ortho nitro benzene ring substituents is 1. The van der Waals surface area contributed by atoms with Crippen LogP contribution < -0.4 is 11.2 Å². The van der Waals surface area contributed by atoms with E-state index < -0.39 is 16.2 Å². The van der Waals surface area contributed by atoms with Gasteiger partial charge in [0, 0.05) is 31.8 Å². The molecule has 0 spiro atoms. The van der Waals surface area contributed by atoms with Crippen molar-refractivity contribution >= 4 is 34.4 Å². The van der Waals surface area contributed by atoms with Crippen molar-refractivity contribution < 1.29 is 9.72 Å². The number of ketones is 1. The van der Waals surface area contributed by atoms with Crippen molar-refractivity contribution in [2.45, 2.75) is 5.16 Å². The highest BCUT2D eigenvalue weighted by Gasteiger charge is 2.16. The predicted molar refractivity (Wildman–Crippen MR) is 94.7 cm³/mol. The van der Waals surface area contributed by atoms with Gasteiger partial charge in [-0.15, -0.1) is 0 Å². The fourth-order valence-electron chi connectivity index (χ4n) is 2.38. The van der Waals surface area contributed by atoms with Crippen molar-refractivity contribution in [1.29, 1.82) is 0 Å². The molecule has 3 aromatic rings. The van der Waals surface area contributed by atoms with Crippen LogP contribution in [0.2, 0.25) is 0 Å². The number of aromatic nitrogens is 4. The summed E-state index contributed by atoms with van der Waals surface area (Å²) in [6, 6.07) is 5.45. The Morgan fingerprint density at radius 1 is 1.31 bits per heavy atom. The second-order valence-electron chi connectivity index (χ2n) is 5.47. The summed E-state index contributed by atoms with van der Waals surface area (Å²) in [7, 11) is 2.86. The first-order valence-electron chi connectivity index (χ1n) is 7.35. The highest BCUT2D eigenvalue weighted by atomic mass is 32.2. The van der Waals surface area contributed by atoms with Crippen LogP contribution in [0.3, 0.4) is 0 Å². The van der Waals surface area contributed by atoms with Crippen molar-refractivity contribution in [3.8, 4) is 0 Å². The van der Waals surface area contributed by atoms with Gasteiger partial charge in [-0.2, -0.15) is 0 Å². The van der Waals surface area contributed by atoms with Crippen molar-refractivity contribution in [2.75, 3.05) is 5.75 Å². The van der Waals surface area contributed by atoms with E-state index in [9.17, 15) is 24.5 Å². The SMILES string of the molecule is Cn1c(=O)c2[nH]c(SCC(=O)c3cccc([N+](=O)[O-])c3)nc2n(C)c1=O. The van der Waals surface area contributed by atoms with Gasteiger partial charge in [0.1, 0.15) is 0 Å². The van der Waals surface area contributed by atoms with E-state index in [1.807, 2.05) is 0 Å². The van der Waals surface area contributed by atoms with E-state index in [0.717, 1.165) is 16.3 Å². The summed E-state index contributed by atoms with van der Waals surface area (Å²) in [5.74, 6) is -0.351. The Kier molecular flexibility index (Phi) is 4.47. The molecule has 0 aliphatic rings. The number of hydrogen-bond donors (Lipinski definition) is 1. The van der Waals surface area contributed by atoms with Crippen LogP contribution in [-0.2, 0) is 14.1 Å². The van der Waals surface area contributed by atoms with E-state index in [0.29, 0.717) is 5.16 Å². The number of imidazole rings is 1. The average molecular weight is 375 g/mol. The molecule has 3 rings (SSSR count). The van der Waals surface area contributed by atoms with Crippen LogP contribution >= 0.6 is 11.8 Å². The summed E-state index contributed by atoms with van der Waals surface area (Å²) in [6.45, 7) is 0. The summed E-state index contributed by atoms with van der Waals surface area (Å²) >= 11 is 1.04. The number of nitro groups is 1. The first-order valence-corrected chi connectivity index (χ1v) is 8.34. The zero-order valence-corrected chi connectivity index (χ0v) is 14.6. The minimum absolute atomic E-state index is 0.0325. The number of nitro benzene ring substituents is 1. The fourth-order valence-corrected chi connectivity index (χ4v) is 3.14. The molecule has 2 heterocycles. The lowest BCUT2D eigenvalue weighted by Gasteiger charge is -2.00. The molecular formula is C15H13N5O5S. The van der Waals surface area contributed by atoms with E-state index in [1.54, 1.807) is 0 Å². The van der Waals surface area contributed by atoms with Gasteiger partial charge in [0.15, 0.2) is 22.1 Å². The Labute approximate surface area is 149 Å². The molecule has 10 nitrogen and oxygen atoms in total. The first kappa shape index (κ1) is 17.6. The normalized spacial score (nSPS) is 11.0. The van der Waals surface area contributed by atoms with Gasteiger partial charge in [0.25, 0.3) is 11.2 Å². The summed E-state index contributed by atoms with van der Waals surface area (Å²) in [5.41, 5.74) is -0.594. The number of H-pyrrole nitrogens is 1. The Balaban J connectivity index is 1.85. The van der Waals surface area contributed by atoms with Gasteiger partial charge in [-0.25, -0.2) is 9.78 Å². The molecule has 0 atom stereocenters. The second kappa shape index (κ2) is 6.59. The number of thioether (sulfide) groups is 1. The van der Waals surface area contributed by atoms with Gasteiger partial charge in [0.2, 0.25) is 0 Å². The van der Waals surface area contributed by atoms with Gasteiger partial charge in [0.05, 0.1) is 10.7 Å². The molecule has 0 bridgehead atoms. The van der Waals surface area contributed by atoms with E-state index in [-0.39, 0.29) is 34.0 Å². The lowest BCUT2D eigenvalue weighted by Crippen LogP contribution is -2.36. The van der Waals surface area contributed by atoms with Gasteiger partial charge in [-0.3, -0.25) is 28.8 Å². The summed E-state index contributed by atoms with van der Waals surface area (Å²) in [5, 5.41) is 11.1. The maximum absolute atomic E-state index is 12.2. The molecule has 0 saturated heterocycles. The van der Waals surface area contributed by atoms with Gasteiger partial charge in [-0.05, 0) is 0 Å². The molecule has 0 amide bonds. The van der Waals surface area contributed by atoms with Crippen LogP contribution in [0.4, 0.5) is 5.69 Å². The number of aromatic amines is 1. The zero-order chi connectivity index (χ0) is 19.0. The summed E-state index contributed by atoms with van der Waals surface area (Å²) in [6.07, 6.45) is 0. The smallest absolute Gasteiger partial charge is 0.327 e. The minimum Gasteiger partial charge on any atom is -0.327 e.